The molecule has 2 aromatic rings. The van der Waals surface area contributed by atoms with Crippen molar-refractivity contribution in [3.05, 3.63) is 34.3 Å². The average Bonchev–Trinajstić information content (AvgIpc) is 2.77. The first-order chi connectivity index (χ1) is 8.81. The van der Waals surface area contributed by atoms with Crippen molar-refractivity contribution in [2.75, 3.05) is 32.7 Å². The second kappa shape index (κ2) is 4.96. The number of nitrogens with zero attached hydrogens (tertiary/aromatic N) is 1. The van der Waals surface area contributed by atoms with Gasteiger partial charge in [0.05, 0.1) is 5.52 Å². The van der Waals surface area contributed by atoms with Gasteiger partial charge in [-0.1, -0.05) is 6.07 Å². The molecule has 1 fully saturated rings. The van der Waals surface area contributed by atoms with Gasteiger partial charge in [0.15, 0.2) is 5.58 Å². The standard InChI is InChI=1S/C13H17N3O2/c17-13-15-11-9-10(1-2-12(11)18-13)3-6-16-7-4-14-5-8-16/h1-2,9,14H,3-8H2,(H,15,17). The van der Waals surface area contributed by atoms with Crippen LogP contribution in [0.4, 0.5) is 0 Å². The Labute approximate surface area is 105 Å². The Morgan fingerprint density at radius 3 is 2.94 bits per heavy atom. The summed E-state index contributed by atoms with van der Waals surface area (Å²) >= 11 is 0. The molecule has 1 aromatic carbocycles. The SMILES string of the molecule is O=c1[nH]c2cc(CCN3CCNCC3)ccc2o1. The van der Waals surface area contributed by atoms with E-state index in [0.29, 0.717) is 5.58 Å². The van der Waals surface area contributed by atoms with Gasteiger partial charge in [-0.05, 0) is 24.1 Å². The molecule has 96 valence electrons. The molecule has 0 amide bonds. The van der Waals surface area contributed by atoms with E-state index in [4.69, 9.17) is 4.42 Å². The number of hydrogen-bond acceptors (Lipinski definition) is 4. The van der Waals surface area contributed by atoms with Crippen molar-refractivity contribution in [2.45, 2.75) is 6.42 Å². The lowest BCUT2D eigenvalue weighted by molar-refractivity contribution is 0.244. The van der Waals surface area contributed by atoms with Crippen LogP contribution in [0.15, 0.2) is 27.4 Å². The number of H-pyrrole nitrogens is 1. The molecule has 0 radical (unpaired) electrons. The minimum absolute atomic E-state index is 0.385. The zero-order valence-electron chi connectivity index (χ0n) is 10.2. The Bertz CT molecular complexity index is 581. The van der Waals surface area contributed by atoms with Gasteiger partial charge in [0.2, 0.25) is 0 Å². The highest BCUT2D eigenvalue weighted by Gasteiger charge is 2.09. The molecule has 1 saturated heterocycles. The molecule has 0 unspecified atom stereocenters. The predicted molar refractivity (Wildman–Crippen MR) is 69.8 cm³/mol. The van der Waals surface area contributed by atoms with E-state index in [9.17, 15) is 4.79 Å². The molecule has 5 heteroatoms. The summed E-state index contributed by atoms with van der Waals surface area (Å²) in [4.78, 5) is 16.2. The number of oxazole rings is 1. The van der Waals surface area contributed by atoms with Gasteiger partial charge in [0.1, 0.15) is 0 Å². The fourth-order valence-electron chi connectivity index (χ4n) is 2.38. The summed E-state index contributed by atoms with van der Waals surface area (Å²) in [6.45, 7) is 5.45. The van der Waals surface area contributed by atoms with Gasteiger partial charge in [0, 0.05) is 32.7 Å². The lowest BCUT2D eigenvalue weighted by Gasteiger charge is -2.27. The van der Waals surface area contributed by atoms with E-state index in [1.165, 1.54) is 5.56 Å². The molecule has 1 aromatic heterocycles. The molecule has 1 aliphatic rings. The molecule has 0 saturated carbocycles. The Morgan fingerprint density at radius 2 is 2.11 bits per heavy atom. The lowest BCUT2D eigenvalue weighted by Crippen LogP contribution is -2.44. The maximum absolute atomic E-state index is 11.1. The quantitative estimate of drug-likeness (QED) is 0.832. The predicted octanol–water partition coefficient (Wildman–Crippen LogP) is 0.569. The van der Waals surface area contributed by atoms with Crippen molar-refractivity contribution in [3.63, 3.8) is 0 Å². The molecule has 0 bridgehead atoms. The molecule has 0 atom stereocenters. The Kier molecular flexibility index (Phi) is 3.17. The first kappa shape index (κ1) is 11.5. The van der Waals surface area contributed by atoms with Crippen molar-refractivity contribution in [1.82, 2.24) is 15.2 Å². The molecule has 3 rings (SSSR count). The summed E-state index contributed by atoms with van der Waals surface area (Å²) < 4.78 is 4.99. The maximum Gasteiger partial charge on any atom is 0.417 e. The van der Waals surface area contributed by atoms with Gasteiger partial charge in [-0.3, -0.25) is 4.98 Å². The molecule has 5 nitrogen and oxygen atoms in total. The molecular formula is C13H17N3O2. The summed E-state index contributed by atoms with van der Waals surface area (Å²) in [5, 5.41) is 3.35. The van der Waals surface area contributed by atoms with E-state index in [0.717, 1.165) is 44.7 Å². The van der Waals surface area contributed by atoms with E-state index in [-0.39, 0.29) is 5.76 Å². The maximum atomic E-state index is 11.1. The van der Waals surface area contributed by atoms with Crippen LogP contribution in [0.1, 0.15) is 5.56 Å². The topological polar surface area (TPSA) is 61.3 Å². The Hall–Kier alpha value is -1.59. The van der Waals surface area contributed by atoms with E-state index in [2.05, 4.69) is 15.2 Å². The number of fused-ring (bicyclic) bond motifs is 1. The van der Waals surface area contributed by atoms with Gasteiger partial charge in [0.25, 0.3) is 0 Å². The molecule has 0 aliphatic carbocycles. The number of benzene rings is 1. The summed E-state index contributed by atoms with van der Waals surface area (Å²) in [6, 6.07) is 5.89. The highest BCUT2D eigenvalue weighted by atomic mass is 16.4. The van der Waals surface area contributed by atoms with Crippen molar-refractivity contribution in [3.8, 4) is 0 Å². The van der Waals surface area contributed by atoms with Crippen LogP contribution in [-0.2, 0) is 6.42 Å². The highest BCUT2D eigenvalue weighted by Crippen LogP contribution is 2.13. The van der Waals surface area contributed by atoms with Gasteiger partial charge in [-0.15, -0.1) is 0 Å². The summed E-state index contributed by atoms with van der Waals surface area (Å²) in [5.74, 6) is -0.385. The molecule has 2 N–H and O–H groups in total. The highest BCUT2D eigenvalue weighted by molar-refractivity contribution is 5.72. The fraction of sp³-hybridized carbons (Fsp3) is 0.462. The van der Waals surface area contributed by atoms with Crippen LogP contribution in [0, 0.1) is 0 Å². The van der Waals surface area contributed by atoms with E-state index in [1.807, 2.05) is 18.2 Å². The van der Waals surface area contributed by atoms with Crippen molar-refractivity contribution >= 4 is 11.1 Å². The van der Waals surface area contributed by atoms with Crippen molar-refractivity contribution < 1.29 is 4.42 Å². The van der Waals surface area contributed by atoms with E-state index < -0.39 is 0 Å². The summed E-state index contributed by atoms with van der Waals surface area (Å²) in [5.41, 5.74) is 2.65. The number of nitrogens with one attached hydrogen (secondary N) is 2. The van der Waals surface area contributed by atoms with Crippen LogP contribution >= 0.6 is 0 Å². The Balaban J connectivity index is 1.68. The number of aromatic amines is 1. The van der Waals surface area contributed by atoms with Crippen LogP contribution < -0.4 is 11.1 Å². The van der Waals surface area contributed by atoms with Crippen LogP contribution in [-0.4, -0.2) is 42.6 Å². The molecular weight excluding hydrogens is 230 g/mol. The van der Waals surface area contributed by atoms with Crippen LogP contribution in [0.3, 0.4) is 0 Å². The first-order valence-corrected chi connectivity index (χ1v) is 6.36. The van der Waals surface area contributed by atoms with Crippen LogP contribution in [0.5, 0.6) is 0 Å². The molecule has 2 heterocycles. The second-order valence-corrected chi connectivity index (χ2v) is 4.69. The van der Waals surface area contributed by atoms with Crippen LogP contribution in [0.2, 0.25) is 0 Å². The van der Waals surface area contributed by atoms with Crippen LogP contribution in [0.25, 0.3) is 11.1 Å². The number of piperazine rings is 1. The number of rotatable bonds is 3. The molecule has 0 spiro atoms. The average molecular weight is 247 g/mol. The summed E-state index contributed by atoms with van der Waals surface area (Å²) in [6.07, 6.45) is 1.00. The first-order valence-electron chi connectivity index (χ1n) is 6.36. The fourth-order valence-corrected chi connectivity index (χ4v) is 2.38. The molecule has 1 aliphatic heterocycles. The zero-order valence-corrected chi connectivity index (χ0v) is 10.2. The minimum Gasteiger partial charge on any atom is -0.408 e. The second-order valence-electron chi connectivity index (χ2n) is 4.69. The van der Waals surface area contributed by atoms with Gasteiger partial charge >= 0.3 is 5.76 Å². The third kappa shape index (κ3) is 2.47. The number of aromatic nitrogens is 1. The normalized spacial score (nSPS) is 17.3. The molecule has 18 heavy (non-hydrogen) atoms. The third-order valence-electron chi connectivity index (χ3n) is 3.41. The number of hydrogen-bond donors (Lipinski definition) is 2. The largest absolute Gasteiger partial charge is 0.417 e. The van der Waals surface area contributed by atoms with Gasteiger partial charge < -0.3 is 14.6 Å². The smallest absolute Gasteiger partial charge is 0.408 e. The summed E-state index contributed by atoms with van der Waals surface area (Å²) in [7, 11) is 0. The van der Waals surface area contributed by atoms with Crippen molar-refractivity contribution in [2.24, 2.45) is 0 Å². The Morgan fingerprint density at radius 1 is 1.28 bits per heavy atom. The van der Waals surface area contributed by atoms with Gasteiger partial charge in [-0.2, -0.15) is 0 Å². The van der Waals surface area contributed by atoms with Gasteiger partial charge in [-0.25, -0.2) is 4.79 Å². The monoisotopic (exact) mass is 247 g/mol. The zero-order chi connectivity index (χ0) is 12.4. The van der Waals surface area contributed by atoms with Crippen molar-refractivity contribution in [1.29, 1.82) is 0 Å². The van der Waals surface area contributed by atoms with E-state index in [1.54, 1.807) is 0 Å². The lowest BCUT2D eigenvalue weighted by atomic mass is 10.1. The minimum atomic E-state index is -0.385. The van der Waals surface area contributed by atoms with E-state index >= 15 is 0 Å². The third-order valence-corrected chi connectivity index (χ3v) is 3.41.